The summed E-state index contributed by atoms with van der Waals surface area (Å²) in [5.74, 6) is -13.6. The summed E-state index contributed by atoms with van der Waals surface area (Å²) < 4.78 is 58.8. The van der Waals surface area contributed by atoms with Crippen LogP contribution in [0.5, 0.6) is 5.75 Å². The maximum atomic E-state index is 13.8. The second kappa shape index (κ2) is 12.8. The number of hydrogen-bond acceptors (Lipinski definition) is 7. The predicted octanol–water partition coefficient (Wildman–Crippen LogP) is 2.63. The number of ether oxygens (including phenoxy) is 1. The number of benzene rings is 1. The molecule has 2 heterocycles. The van der Waals surface area contributed by atoms with Gasteiger partial charge in [-0.05, 0) is 11.6 Å². The number of piperazine rings is 1. The molecule has 1 amide bonds. The number of pyridine rings is 1. The van der Waals surface area contributed by atoms with Crippen LogP contribution < -0.4 is 4.74 Å². The van der Waals surface area contributed by atoms with Gasteiger partial charge < -0.3 is 14.7 Å². The van der Waals surface area contributed by atoms with Crippen molar-refractivity contribution in [3.63, 3.8) is 0 Å². The molecule has 2 aromatic rings. The van der Waals surface area contributed by atoms with Gasteiger partial charge in [-0.25, -0.2) is 13.8 Å². The molecule has 0 aliphatic carbocycles. The first-order valence-electron chi connectivity index (χ1n) is 11.3. The number of halogens is 5. The predicted molar refractivity (Wildman–Crippen MR) is 123 cm³/mol. The number of ketones is 2. The van der Waals surface area contributed by atoms with Crippen molar-refractivity contribution in [1.29, 1.82) is 0 Å². The zero-order chi connectivity index (χ0) is 28.0. The SMILES string of the molecule is O=C(O)C[C@H](CC(=O)CN1CCN(Cc2ccc(Cl)nc2)CC1=O)C(=O)COc1c(F)c(F)cc(F)c1F. The van der Waals surface area contributed by atoms with Crippen LogP contribution in [0.15, 0.2) is 24.4 Å². The van der Waals surface area contributed by atoms with Crippen molar-refractivity contribution in [3.8, 4) is 5.75 Å². The van der Waals surface area contributed by atoms with Crippen molar-refractivity contribution < 1.29 is 46.6 Å². The Kier molecular flexibility index (Phi) is 9.75. The number of carbonyl (C=O) groups excluding carboxylic acids is 3. The number of aromatic nitrogens is 1. The van der Waals surface area contributed by atoms with Crippen LogP contribution in [0.4, 0.5) is 17.6 Å². The third-order valence-electron chi connectivity index (χ3n) is 5.74. The molecule has 9 nitrogen and oxygen atoms in total. The maximum absolute atomic E-state index is 13.8. The molecule has 0 bridgehead atoms. The van der Waals surface area contributed by atoms with E-state index in [0.717, 1.165) is 5.56 Å². The van der Waals surface area contributed by atoms with E-state index in [-0.39, 0.29) is 31.6 Å². The average molecular weight is 560 g/mol. The molecule has 1 atom stereocenters. The van der Waals surface area contributed by atoms with Crippen LogP contribution in [0.25, 0.3) is 0 Å². The van der Waals surface area contributed by atoms with Gasteiger partial charge in [-0.15, -0.1) is 0 Å². The topological polar surface area (TPSA) is 117 Å². The smallest absolute Gasteiger partial charge is 0.304 e. The molecule has 1 fully saturated rings. The van der Waals surface area contributed by atoms with E-state index >= 15 is 0 Å². The summed E-state index contributed by atoms with van der Waals surface area (Å²) in [5, 5.41) is 9.45. The molecule has 1 aromatic heterocycles. The second-order valence-electron chi connectivity index (χ2n) is 8.60. The van der Waals surface area contributed by atoms with Crippen molar-refractivity contribution in [2.75, 3.05) is 32.8 Å². The Morgan fingerprint density at radius 1 is 1.08 bits per heavy atom. The highest BCUT2D eigenvalue weighted by Gasteiger charge is 2.30. The highest BCUT2D eigenvalue weighted by Crippen LogP contribution is 2.27. The van der Waals surface area contributed by atoms with Gasteiger partial charge in [-0.2, -0.15) is 8.78 Å². The number of hydrogen-bond donors (Lipinski definition) is 1. The van der Waals surface area contributed by atoms with Gasteiger partial charge in [0.05, 0.1) is 19.5 Å². The summed E-state index contributed by atoms with van der Waals surface area (Å²) in [6.45, 7) is -0.424. The van der Waals surface area contributed by atoms with Crippen molar-refractivity contribution >= 4 is 35.0 Å². The molecule has 3 rings (SSSR count). The lowest BCUT2D eigenvalue weighted by Crippen LogP contribution is -2.51. The van der Waals surface area contributed by atoms with Crippen LogP contribution >= 0.6 is 11.6 Å². The fraction of sp³-hybridized carbons (Fsp3) is 0.375. The van der Waals surface area contributed by atoms with E-state index < -0.39 is 71.9 Å². The minimum absolute atomic E-state index is 0.0164. The molecule has 38 heavy (non-hydrogen) atoms. The fourth-order valence-electron chi connectivity index (χ4n) is 3.82. The highest BCUT2D eigenvalue weighted by molar-refractivity contribution is 6.29. The van der Waals surface area contributed by atoms with Crippen LogP contribution in [0.1, 0.15) is 18.4 Å². The van der Waals surface area contributed by atoms with Crippen LogP contribution in [0, 0.1) is 29.2 Å². The number of carboxylic acid groups (broad SMARTS) is 1. The molecule has 14 heteroatoms. The normalized spacial score (nSPS) is 14.9. The van der Waals surface area contributed by atoms with E-state index in [4.69, 9.17) is 16.7 Å². The molecule has 1 aliphatic heterocycles. The van der Waals surface area contributed by atoms with Crippen molar-refractivity contribution in [2.45, 2.75) is 19.4 Å². The van der Waals surface area contributed by atoms with Gasteiger partial charge in [0.2, 0.25) is 17.5 Å². The lowest BCUT2D eigenvalue weighted by atomic mass is 9.94. The first-order chi connectivity index (χ1) is 17.9. The van der Waals surface area contributed by atoms with Gasteiger partial charge in [-0.3, -0.25) is 24.1 Å². The first-order valence-corrected chi connectivity index (χ1v) is 11.6. The fourth-order valence-corrected chi connectivity index (χ4v) is 3.93. The summed E-state index contributed by atoms with van der Waals surface area (Å²) >= 11 is 5.76. The van der Waals surface area contributed by atoms with Gasteiger partial charge in [0, 0.05) is 44.2 Å². The Morgan fingerprint density at radius 2 is 1.76 bits per heavy atom. The average Bonchev–Trinajstić information content (AvgIpc) is 2.85. The third-order valence-corrected chi connectivity index (χ3v) is 5.96. The number of aliphatic carboxylic acids is 1. The molecule has 0 radical (unpaired) electrons. The molecule has 0 spiro atoms. The molecule has 1 N–H and O–H groups in total. The molecule has 1 aliphatic rings. The molecular weight excluding hydrogens is 538 g/mol. The number of nitrogens with zero attached hydrogens (tertiary/aromatic N) is 3. The number of carboxylic acids is 1. The summed E-state index contributed by atoms with van der Waals surface area (Å²) in [7, 11) is 0. The minimum atomic E-state index is -1.87. The number of Topliss-reactive ketones (excluding diaryl/α,β-unsaturated/α-hetero) is 2. The van der Waals surface area contributed by atoms with E-state index in [9.17, 15) is 36.7 Å². The van der Waals surface area contributed by atoms with E-state index in [0.29, 0.717) is 18.2 Å². The first kappa shape index (κ1) is 29.0. The zero-order valence-electron chi connectivity index (χ0n) is 19.8. The Bertz CT molecular complexity index is 1200. The van der Waals surface area contributed by atoms with Crippen molar-refractivity contribution in [3.05, 3.63) is 58.4 Å². The number of amides is 1. The monoisotopic (exact) mass is 559 g/mol. The van der Waals surface area contributed by atoms with E-state index in [1.165, 1.54) is 4.90 Å². The van der Waals surface area contributed by atoms with Crippen molar-refractivity contribution in [1.82, 2.24) is 14.8 Å². The lowest BCUT2D eigenvalue weighted by Gasteiger charge is -2.34. The maximum Gasteiger partial charge on any atom is 0.304 e. The van der Waals surface area contributed by atoms with E-state index in [2.05, 4.69) is 9.72 Å². The van der Waals surface area contributed by atoms with E-state index in [1.54, 1.807) is 18.3 Å². The largest absolute Gasteiger partial charge is 0.481 e. The molecule has 0 saturated carbocycles. The molecular formula is C24H22ClF4N3O6. The van der Waals surface area contributed by atoms with Gasteiger partial charge in [0.25, 0.3) is 0 Å². The zero-order valence-corrected chi connectivity index (χ0v) is 20.5. The van der Waals surface area contributed by atoms with Gasteiger partial charge in [0.1, 0.15) is 11.8 Å². The quantitative estimate of drug-likeness (QED) is 0.240. The van der Waals surface area contributed by atoms with Gasteiger partial charge in [-0.1, -0.05) is 17.7 Å². The second-order valence-corrected chi connectivity index (χ2v) is 8.99. The minimum Gasteiger partial charge on any atom is -0.481 e. The van der Waals surface area contributed by atoms with Gasteiger partial charge in [0.15, 0.2) is 29.0 Å². The Hall–Kier alpha value is -3.58. The summed E-state index contributed by atoms with van der Waals surface area (Å²) in [6.07, 6.45) is 0.174. The lowest BCUT2D eigenvalue weighted by molar-refractivity contribution is -0.143. The third kappa shape index (κ3) is 7.71. The van der Waals surface area contributed by atoms with Crippen LogP contribution in [0.2, 0.25) is 5.15 Å². The molecule has 0 unspecified atom stereocenters. The Balaban J connectivity index is 1.56. The molecule has 1 aromatic carbocycles. The van der Waals surface area contributed by atoms with Crippen LogP contribution in [-0.2, 0) is 25.7 Å². The summed E-state index contributed by atoms with van der Waals surface area (Å²) in [6, 6.07) is 3.35. The standard InChI is InChI=1S/C24H22ClF4N3O6/c25-19-2-1-13(8-30-19)9-31-3-4-32(20(35)11-31)10-15(33)5-14(6-21(36)37)18(34)12-38-24-22(28)16(26)7-17(27)23(24)29/h1-2,7-8,14H,3-6,9-12H2,(H,36,37)/t14-/m0/s1. The van der Waals surface area contributed by atoms with Crippen LogP contribution in [0.3, 0.4) is 0 Å². The Labute approximate surface area is 218 Å². The van der Waals surface area contributed by atoms with E-state index in [1.807, 2.05) is 4.90 Å². The van der Waals surface area contributed by atoms with Crippen LogP contribution in [-0.4, -0.2) is 76.1 Å². The molecule has 1 saturated heterocycles. The Morgan fingerprint density at radius 3 is 2.34 bits per heavy atom. The summed E-state index contributed by atoms with van der Waals surface area (Å²) in [4.78, 5) is 55.9. The highest BCUT2D eigenvalue weighted by atomic mass is 35.5. The number of carbonyl (C=O) groups is 4. The molecule has 204 valence electrons. The summed E-state index contributed by atoms with van der Waals surface area (Å²) in [5.41, 5.74) is 0.838. The number of rotatable bonds is 12. The van der Waals surface area contributed by atoms with Crippen molar-refractivity contribution in [2.24, 2.45) is 5.92 Å². The van der Waals surface area contributed by atoms with Gasteiger partial charge >= 0.3 is 5.97 Å².